The lowest BCUT2D eigenvalue weighted by atomic mass is 10.1. The van der Waals surface area contributed by atoms with Gasteiger partial charge < -0.3 is 60.0 Å². The number of nitrogens with one attached hydrogen (secondary N) is 4. The molecule has 0 spiro atoms. The number of para-hydroxylation sites is 2. The number of aliphatic carboxylic acids is 4. The molecule has 0 bridgehead atoms. The zero-order chi connectivity index (χ0) is 41.6. The molecule has 58 heavy (non-hydrogen) atoms. The second-order valence-electron chi connectivity index (χ2n) is 12.5. The van der Waals surface area contributed by atoms with Gasteiger partial charge in [0.15, 0.2) is 0 Å². The van der Waals surface area contributed by atoms with E-state index < -0.39 is 23.9 Å². The summed E-state index contributed by atoms with van der Waals surface area (Å²) in [6.07, 6.45) is 0. The van der Waals surface area contributed by atoms with E-state index in [0.29, 0.717) is 0 Å². The van der Waals surface area contributed by atoms with Crippen LogP contribution >= 0.6 is 0 Å². The fourth-order valence-corrected chi connectivity index (χ4v) is 6.00. The van der Waals surface area contributed by atoms with Crippen LogP contribution in [0, 0.1) is 0 Å². The zero-order valence-electron chi connectivity index (χ0n) is 31.5. The van der Waals surface area contributed by atoms with Gasteiger partial charge in [-0.05, 0) is 35.4 Å². The van der Waals surface area contributed by atoms with E-state index in [1.807, 2.05) is 60.7 Å². The molecule has 16 heteroatoms. The van der Waals surface area contributed by atoms with E-state index in [1.54, 1.807) is 14.2 Å². The van der Waals surface area contributed by atoms with Crippen LogP contribution in [0.4, 0.5) is 11.4 Å². The van der Waals surface area contributed by atoms with Crippen molar-refractivity contribution in [2.45, 2.75) is 13.1 Å². The fourth-order valence-electron chi connectivity index (χ4n) is 6.00. The van der Waals surface area contributed by atoms with Crippen LogP contribution < -0.4 is 30.7 Å². The van der Waals surface area contributed by atoms with E-state index in [0.717, 1.165) is 106 Å². The van der Waals surface area contributed by atoms with Gasteiger partial charge in [0, 0.05) is 72.9 Å². The van der Waals surface area contributed by atoms with Crippen LogP contribution in [0.5, 0.6) is 11.5 Å². The average Bonchev–Trinajstić information content (AvgIpc) is 3.77. The molecule has 0 saturated heterocycles. The van der Waals surface area contributed by atoms with Crippen LogP contribution in [0.25, 0.3) is 43.9 Å². The molecule has 7 aromatic rings. The van der Waals surface area contributed by atoms with Gasteiger partial charge in [0.2, 0.25) is 0 Å². The third-order valence-corrected chi connectivity index (χ3v) is 8.65. The summed E-state index contributed by atoms with van der Waals surface area (Å²) in [5, 5.41) is 47.9. The highest BCUT2D eigenvalue weighted by molar-refractivity contribution is 6.28. The summed E-state index contributed by atoms with van der Waals surface area (Å²) in [7, 11) is 3.40. The van der Waals surface area contributed by atoms with Crippen molar-refractivity contribution in [2.24, 2.45) is 0 Å². The van der Waals surface area contributed by atoms with E-state index in [1.165, 1.54) is 11.1 Å². The minimum absolute atomic E-state index is 0.754. The molecule has 5 aromatic carbocycles. The molecule has 0 unspecified atom stereocenters. The minimum Gasteiger partial charge on any atom is -0.495 e. The molecule has 0 atom stereocenters. The Hall–Kier alpha value is -7.30. The zero-order valence-corrected chi connectivity index (χ0v) is 31.5. The lowest BCUT2D eigenvalue weighted by molar-refractivity contribution is -0.159. The van der Waals surface area contributed by atoms with Crippen LogP contribution in [0.2, 0.25) is 0 Å². The molecule has 0 amide bonds. The van der Waals surface area contributed by atoms with Gasteiger partial charge in [-0.15, -0.1) is 0 Å². The van der Waals surface area contributed by atoms with Crippen molar-refractivity contribution >= 4 is 79.1 Å². The molecular formula is C42H42N4O12. The number of carboxylic acid groups (broad SMARTS) is 4. The average molecular weight is 795 g/mol. The Morgan fingerprint density at radius 3 is 1.26 bits per heavy atom. The van der Waals surface area contributed by atoms with E-state index >= 15 is 0 Å². The molecular weight excluding hydrogens is 752 g/mol. The predicted molar refractivity (Wildman–Crippen MR) is 218 cm³/mol. The quantitative estimate of drug-likeness (QED) is 0.0450. The lowest BCUT2D eigenvalue weighted by Crippen LogP contribution is -2.23. The van der Waals surface area contributed by atoms with Crippen molar-refractivity contribution in [2.75, 3.05) is 51.0 Å². The first-order valence-corrected chi connectivity index (χ1v) is 17.9. The molecule has 2 aromatic heterocycles. The van der Waals surface area contributed by atoms with Crippen LogP contribution in [-0.2, 0) is 32.3 Å². The van der Waals surface area contributed by atoms with Crippen LogP contribution in [-0.4, -0.2) is 84.7 Å². The number of hydrogen-bond donors (Lipinski definition) is 8. The normalized spacial score (nSPS) is 10.7. The molecule has 7 rings (SSSR count). The van der Waals surface area contributed by atoms with Gasteiger partial charge in [0.1, 0.15) is 33.8 Å². The molecule has 0 radical (unpaired) electrons. The third-order valence-electron chi connectivity index (χ3n) is 8.65. The fraction of sp³-hybridized carbons (Fsp3) is 0.190. The predicted octanol–water partition coefficient (Wildman–Crippen LogP) is 6.22. The second-order valence-corrected chi connectivity index (χ2v) is 12.5. The number of ether oxygens (including phenoxy) is 2. The highest BCUT2D eigenvalue weighted by atomic mass is 16.5. The number of furan rings is 2. The highest BCUT2D eigenvalue weighted by Gasteiger charge is 2.13. The van der Waals surface area contributed by atoms with Gasteiger partial charge in [0.05, 0.1) is 25.6 Å². The van der Waals surface area contributed by atoms with Gasteiger partial charge in [-0.25, -0.2) is 19.2 Å². The Morgan fingerprint density at radius 2 is 0.879 bits per heavy atom. The van der Waals surface area contributed by atoms with Crippen molar-refractivity contribution < 1.29 is 57.9 Å². The van der Waals surface area contributed by atoms with E-state index in [9.17, 15) is 0 Å². The number of rotatable bonds is 14. The molecule has 0 aliphatic heterocycles. The van der Waals surface area contributed by atoms with Gasteiger partial charge in [-0.3, -0.25) is 0 Å². The van der Waals surface area contributed by atoms with Gasteiger partial charge >= 0.3 is 23.9 Å². The maximum atomic E-state index is 9.10. The summed E-state index contributed by atoms with van der Waals surface area (Å²) < 4.78 is 23.5. The Bertz CT molecular complexity index is 2350. The molecule has 0 fully saturated rings. The smallest absolute Gasteiger partial charge is 0.414 e. The summed E-state index contributed by atoms with van der Waals surface area (Å²) in [4.78, 5) is 36.4. The first-order valence-electron chi connectivity index (χ1n) is 17.9. The maximum absolute atomic E-state index is 9.10. The Balaban J connectivity index is 0.000000468. The number of carboxylic acids is 4. The number of carbonyl (C=O) groups is 4. The Kier molecular flexibility index (Phi) is 14.5. The van der Waals surface area contributed by atoms with Crippen molar-refractivity contribution in [3.8, 4) is 11.5 Å². The van der Waals surface area contributed by atoms with Crippen molar-refractivity contribution in [3.63, 3.8) is 0 Å². The SMILES string of the molecule is COc1cc2c(cc1NCCNCc1cccc(CNCCNc3cc4oc5ccccc5c4cc3OC)c1)oc1ccccc12.O=C(O)C(=O)O.O=C(O)C(=O)O. The van der Waals surface area contributed by atoms with E-state index in [2.05, 4.69) is 57.7 Å². The lowest BCUT2D eigenvalue weighted by Gasteiger charge is -2.13. The van der Waals surface area contributed by atoms with Crippen molar-refractivity contribution in [1.82, 2.24) is 10.6 Å². The molecule has 0 saturated carbocycles. The number of benzene rings is 5. The summed E-state index contributed by atoms with van der Waals surface area (Å²) in [5.41, 5.74) is 7.81. The summed E-state index contributed by atoms with van der Waals surface area (Å²) in [6.45, 7) is 4.70. The van der Waals surface area contributed by atoms with Gasteiger partial charge in [-0.2, -0.15) is 0 Å². The van der Waals surface area contributed by atoms with Crippen LogP contribution in [0.3, 0.4) is 0 Å². The van der Waals surface area contributed by atoms with Crippen molar-refractivity contribution in [1.29, 1.82) is 0 Å². The first-order chi connectivity index (χ1) is 28.0. The van der Waals surface area contributed by atoms with Crippen molar-refractivity contribution in [3.05, 3.63) is 108 Å². The summed E-state index contributed by atoms with van der Waals surface area (Å²) in [6, 6.07) is 33.0. The van der Waals surface area contributed by atoms with E-state index in [4.69, 9.17) is 57.9 Å². The number of hydrogen-bond acceptors (Lipinski definition) is 12. The first kappa shape index (κ1) is 41.9. The van der Waals surface area contributed by atoms with E-state index in [-0.39, 0.29) is 0 Å². The minimum atomic E-state index is -1.82. The number of methoxy groups -OCH3 is 2. The second kappa shape index (κ2) is 20.0. The number of fused-ring (bicyclic) bond motifs is 6. The largest absolute Gasteiger partial charge is 0.495 e. The molecule has 8 N–H and O–H groups in total. The summed E-state index contributed by atoms with van der Waals surface area (Å²) >= 11 is 0. The standard InChI is InChI=1S/C38H38N4O4.2C2H2O4/c1-43-37-19-29-27-10-3-5-12-33(27)45-35(29)21-31(37)41-16-14-39-23-25-8-7-9-26(18-25)24-40-15-17-42-32-22-36-30(20-38(32)44-2)28-11-4-6-13-34(28)46-36;2*3-1(4)2(5)6/h3-13,18-22,39-42H,14-17,23-24H2,1-2H3;2*(H,3,4)(H,5,6). The maximum Gasteiger partial charge on any atom is 0.414 e. The molecule has 2 heterocycles. The molecule has 0 aliphatic carbocycles. The Labute approximate surface area is 331 Å². The topological polar surface area (TPSA) is 242 Å². The molecule has 16 nitrogen and oxygen atoms in total. The monoisotopic (exact) mass is 794 g/mol. The molecule has 302 valence electrons. The van der Waals surface area contributed by atoms with Gasteiger partial charge in [0.25, 0.3) is 0 Å². The Morgan fingerprint density at radius 1 is 0.483 bits per heavy atom. The molecule has 0 aliphatic rings. The highest BCUT2D eigenvalue weighted by Crippen LogP contribution is 2.37. The van der Waals surface area contributed by atoms with Crippen LogP contribution in [0.15, 0.2) is 106 Å². The third kappa shape index (κ3) is 10.9. The van der Waals surface area contributed by atoms with Gasteiger partial charge in [-0.1, -0.05) is 60.7 Å². The number of anilines is 2. The van der Waals surface area contributed by atoms with Crippen LogP contribution in [0.1, 0.15) is 11.1 Å². The summed E-state index contributed by atoms with van der Waals surface area (Å²) in [5.74, 6) is -5.68.